The summed E-state index contributed by atoms with van der Waals surface area (Å²) >= 11 is 0. The van der Waals surface area contributed by atoms with E-state index in [9.17, 15) is 13.2 Å². The third kappa shape index (κ3) is 3.83. The summed E-state index contributed by atoms with van der Waals surface area (Å²) in [5.74, 6) is 0.485. The molecule has 1 saturated heterocycles. The summed E-state index contributed by atoms with van der Waals surface area (Å²) in [7, 11) is 0. The molecule has 1 fully saturated rings. The van der Waals surface area contributed by atoms with Crippen molar-refractivity contribution in [3.05, 3.63) is 23.9 Å². The Hall–Kier alpha value is -1.30. The van der Waals surface area contributed by atoms with E-state index in [1.54, 1.807) is 0 Å². The maximum absolute atomic E-state index is 12.4. The predicted molar refractivity (Wildman–Crippen MR) is 68.0 cm³/mol. The molecule has 6 heteroatoms. The topological polar surface area (TPSA) is 28.2 Å². The number of anilines is 1. The summed E-state index contributed by atoms with van der Waals surface area (Å²) in [6.45, 7) is 5.01. The van der Waals surface area contributed by atoms with Crippen LogP contribution in [0, 0.1) is 0 Å². The molecule has 1 N–H and O–H groups in total. The Morgan fingerprint density at radius 2 is 2.00 bits per heavy atom. The van der Waals surface area contributed by atoms with Gasteiger partial charge < -0.3 is 5.32 Å². The van der Waals surface area contributed by atoms with E-state index in [4.69, 9.17) is 0 Å². The lowest BCUT2D eigenvalue weighted by Crippen LogP contribution is -2.35. The van der Waals surface area contributed by atoms with Gasteiger partial charge in [0.2, 0.25) is 0 Å². The quantitative estimate of drug-likeness (QED) is 0.914. The zero-order valence-corrected chi connectivity index (χ0v) is 10.9. The molecule has 0 radical (unpaired) electrons. The minimum atomic E-state index is -4.33. The Kier molecular flexibility index (Phi) is 4.29. The smallest absolute Gasteiger partial charge is 0.369 e. The van der Waals surface area contributed by atoms with Gasteiger partial charge in [-0.15, -0.1) is 0 Å². The number of nitrogens with one attached hydrogen (secondary N) is 1. The highest BCUT2D eigenvalue weighted by Gasteiger charge is 2.30. The summed E-state index contributed by atoms with van der Waals surface area (Å²) in [4.78, 5) is 6.17. The van der Waals surface area contributed by atoms with Crippen LogP contribution < -0.4 is 5.32 Å². The largest absolute Gasteiger partial charge is 0.417 e. The lowest BCUT2D eigenvalue weighted by molar-refractivity contribution is -0.137. The van der Waals surface area contributed by atoms with E-state index in [0.29, 0.717) is 18.4 Å². The van der Waals surface area contributed by atoms with E-state index >= 15 is 0 Å². The van der Waals surface area contributed by atoms with E-state index in [1.165, 1.54) is 18.9 Å². The van der Waals surface area contributed by atoms with Crippen LogP contribution >= 0.6 is 0 Å². The van der Waals surface area contributed by atoms with Gasteiger partial charge in [0.05, 0.1) is 5.56 Å². The van der Waals surface area contributed by atoms with Gasteiger partial charge in [-0.2, -0.15) is 13.2 Å². The zero-order valence-electron chi connectivity index (χ0n) is 10.9. The second-order valence-electron chi connectivity index (χ2n) is 4.90. The molecular formula is C13H18F3N3. The molecule has 1 aliphatic rings. The van der Waals surface area contributed by atoms with Crippen molar-refractivity contribution in [2.24, 2.45) is 0 Å². The van der Waals surface area contributed by atoms with Crippen molar-refractivity contribution in [3.63, 3.8) is 0 Å². The number of nitrogens with zero attached hydrogens (tertiary/aromatic N) is 2. The molecule has 19 heavy (non-hydrogen) atoms. The van der Waals surface area contributed by atoms with Crippen molar-refractivity contribution in [2.45, 2.75) is 32.0 Å². The molecule has 0 aromatic carbocycles. The molecular weight excluding hydrogens is 255 g/mol. The fraction of sp³-hybridized carbons (Fsp3) is 0.615. The van der Waals surface area contributed by atoms with E-state index in [2.05, 4.69) is 22.1 Å². The highest BCUT2D eigenvalue weighted by molar-refractivity contribution is 5.36. The van der Waals surface area contributed by atoms with Crippen LogP contribution in [0.2, 0.25) is 0 Å². The zero-order chi connectivity index (χ0) is 13.9. The van der Waals surface area contributed by atoms with Gasteiger partial charge in [0, 0.05) is 18.8 Å². The van der Waals surface area contributed by atoms with Gasteiger partial charge in [0.25, 0.3) is 0 Å². The molecule has 1 aromatic rings. The summed E-state index contributed by atoms with van der Waals surface area (Å²) < 4.78 is 37.1. The number of hydrogen-bond acceptors (Lipinski definition) is 3. The molecule has 2 rings (SSSR count). The van der Waals surface area contributed by atoms with Crippen LogP contribution in [-0.2, 0) is 6.18 Å². The number of hydrogen-bond donors (Lipinski definition) is 1. The summed E-state index contributed by atoms with van der Waals surface area (Å²) in [6.07, 6.45) is -1.01. The normalized spacial score (nSPS) is 18.5. The number of aromatic nitrogens is 1. The molecule has 1 aromatic heterocycles. The van der Waals surface area contributed by atoms with Gasteiger partial charge in [-0.3, -0.25) is 4.90 Å². The average Bonchev–Trinajstić information content (AvgIpc) is 2.89. The van der Waals surface area contributed by atoms with Crippen molar-refractivity contribution < 1.29 is 13.2 Å². The first-order chi connectivity index (χ1) is 8.97. The van der Waals surface area contributed by atoms with E-state index in [0.717, 1.165) is 25.4 Å². The highest BCUT2D eigenvalue weighted by atomic mass is 19.4. The molecule has 0 amide bonds. The second kappa shape index (κ2) is 5.77. The lowest BCUT2D eigenvalue weighted by atomic mass is 10.2. The van der Waals surface area contributed by atoms with Gasteiger partial charge in [-0.05, 0) is 45.0 Å². The van der Waals surface area contributed by atoms with Crippen molar-refractivity contribution in [1.29, 1.82) is 0 Å². The van der Waals surface area contributed by atoms with Gasteiger partial charge in [-0.1, -0.05) is 0 Å². The standard InChI is InChI=1S/C13H18F3N3/c1-10(19-6-2-3-7-19)8-17-12-5-4-11(9-18-12)13(14,15)16/h4-5,9-10H,2-3,6-8H2,1H3,(H,17,18). The van der Waals surface area contributed by atoms with E-state index in [-0.39, 0.29) is 0 Å². The molecule has 0 bridgehead atoms. The van der Waals surface area contributed by atoms with Crippen LogP contribution in [0.25, 0.3) is 0 Å². The number of pyridine rings is 1. The van der Waals surface area contributed by atoms with E-state index < -0.39 is 11.7 Å². The maximum Gasteiger partial charge on any atom is 0.417 e. The Morgan fingerprint density at radius 1 is 1.32 bits per heavy atom. The fourth-order valence-electron chi connectivity index (χ4n) is 2.23. The Morgan fingerprint density at radius 3 is 2.53 bits per heavy atom. The first kappa shape index (κ1) is 14.1. The second-order valence-corrected chi connectivity index (χ2v) is 4.90. The third-order valence-corrected chi connectivity index (χ3v) is 3.43. The van der Waals surface area contributed by atoms with Crippen molar-refractivity contribution in [3.8, 4) is 0 Å². The molecule has 106 valence electrons. The van der Waals surface area contributed by atoms with E-state index in [1.807, 2.05) is 0 Å². The van der Waals surface area contributed by atoms with Crippen molar-refractivity contribution in [2.75, 3.05) is 25.0 Å². The van der Waals surface area contributed by atoms with Crippen LogP contribution in [0.5, 0.6) is 0 Å². The predicted octanol–water partition coefficient (Wildman–Crippen LogP) is 3.00. The van der Waals surface area contributed by atoms with Crippen LogP contribution in [0.15, 0.2) is 18.3 Å². The number of likely N-dealkylation sites (tertiary alicyclic amines) is 1. The molecule has 1 atom stereocenters. The van der Waals surface area contributed by atoms with Crippen molar-refractivity contribution >= 4 is 5.82 Å². The summed E-state index contributed by atoms with van der Waals surface area (Å²) in [5, 5.41) is 3.08. The Labute approximate surface area is 110 Å². The Balaban J connectivity index is 1.86. The number of alkyl halides is 3. The maximum atomic E-state index is 12.4. The molecule has 0 spiro atoms. The molecule has 3 nitrogen and oxygen atoms in total. The van der Waals surface area contributed by atoms with Gasteiger partial charge in [0.15, 0.2) is 0 Å². The van der Waals surface area contributed by atoms with Crippen LogP contribution in [0.3, 0.4) is 0 Å². The number of rotatable bonds is 4. The molecule has 0 aliphatic carbocycles. The monoisotopic (exact) mass is 273 g/mol. The molecule has 1 unspecified atom stereocenters. The van der Waals surface area contributed by atoms with Gasteiger partial charge >= 0.3 is 6.18 Å². The molecule has 2 heterocycles. The van der Waals surface area contributed by atoms with Gasteiger partial charge in [0.1, 0.15) is 5.82 Å². The fourth-order valence-corrected chi connectivity index (χ4v) is 2.23. The van der Waals surface area contributed by atoms with Crippen LogP contribution in [0.4, 0.5) is 19.0 Å². The summed E-state index contributed by atoms with van der Waals surface area (Å²) in [6, 6.07) is 2.79. The average molecular weight is 273 g/mol. The lowest BCUT2D eigenvalue weighted by Gasteiger charge is -2.24. The third-order valence-electron chi connectivity index (χ3n) is 3.43. The van der Waals surface area contributed by atoms with Gasteiger partial charge in [-0.25, -0.2) is 4.98 Å². The van der Waals surface area contributed by atoms with Crippen LogP contribution in [0.1, 0.15) is 25.3 Å². The minimum absolute atomic E-state index is 0.367. The van der Waals surface area contributed by atoms with Crippen molar-refractivity contribution in [1.82, 2.24) is 9.88 Å². The first-order valence-electron chi connectivity index (χ1n) is 6.48. The minimum Gasteiger partial charge on any atom is -0.369 e. The summed E-state index contributed by atoms with van der Waals surface area (Å²) in [5.41, 5.74) is -0.717. The Bertz CT molecular complexity index is 397. The molecule has 1 aliphatic heterocycles. The highest BCUT2D eigenvalue weighted by Crippen LogP contribution is 2.28. The number of halogens is 3. The molecule has 0 saturated carbocycles. The first-order valence-corrected chi connectivity index (χ1v) is 6.48. The SMILES string of the molecule is CC(CNc1ccc(C(F)(F)F)cn1)N1CCCC1. The van der Waals surface area contributed by atoms with Crippen LogP contribution in [-0.4, -0.2) is 35.6 Å².